The maximum Gasteiger partial charge on any atom is 1.00 e. The molecule has 0 rings (SSSR count). The van der Waals surface area contributed by atoms with Gasteiger partial charge in [0.15, 0.2) is 6.17 Å². The van der Waals surface area contributed by atoms with Crippen molar-refractivity contribution in [1.82, 2.24) is 0 Å². The molecule has 0 aromatic rings. The Kier molecular flexibility index (Phi) is 7.13. The molecule has 0 fully saturated rings. The van der Waals surface area contributed by atoms with Crippen molar-refractivity contribution < 1.29 is 64.0 Å². The molecule has 3 atom stereocenters. The zero-order valence-corrected chi connectivity index (χ0v) is 8.94. The molecule has 1 N–H and O–H groups in total. The maximum atomic E-state index is 12.5. The van der Waals surface area contributed by atoms with Crippen LogP contribution in [0.1, 0.15) is 1.43 Å². The Morgan fingerprint density at radius 3 is 1.65 bits per heavy atom. The molecule has 3 unspecified atom stereocenters. The summed E-state index contributed by atoms with van der Waals surface area (Å²) in [4.78, 5) is 0. The van der Waals surface area contributed by atoms with Gasteiger partial charge >= 0.3 is 34.9 Å². The third-order valence-electron chi connectivity index (χ3n) is 1.45. The predicted molar refractivity (Wildman–Crippen MR) is 38.3 cm³/mol. The maximum absolute atomic E-state index is 12.5. The van der Waals surface area contributed by atoms with Gasteiger partial charge in [-0.15, -0.1) is 0 Å². The first-order chi connectivity index (χ1) is 6.92. The number of hydrogen-bond donors (Lipinski definition) is 1. The van der Waals surface area contributed by atoms with E-state index in [1.54, 1.807) is 0 Å². The Bertz CT molecular complexity index is 340. The van der Waals surface area contributed by atoms with E-state index < -0.39 is 40.3 Å². The standard InChI is InChI=1S/C5H5F7O3S.Li.H/c6-1(3(8)9)2(7)5(11,12)4(10)16(13,14)15;;/h1-4H,(H,13,14,15);;/q;+1;-1. The molecule has 0 heterocycles. The summed E-state index contributed by atoms with van der Waals surface area (Å²) in [6.07, 6.45) is -12.7. The molecular weight excluding hydrogens is 280 g/mol. The van der Waals surface area contributed by atoms with E-state index >= 15 is 0 Å². The summed E-state index contributed by atoms with van der Waals surface area (Å²) < 4.78 is 112. The summed E-state index contributed by atoms with van der Waals surface area (Å²) >= 11 is 0. The second-order valence-electron chi connectivity index (χ2n) is 2.69. The van der Waals surface area contributed by atoms with Crippen LogP contribution in [0, 0.1) is 0 Å². The first-order valence-corrected chi connectivity index (χ1v) is 4.97. The van der Waals surface area contributed by atoms with Gasteiger partial charge in [-0.3, -0.25) is 4.55 Å². The van der Waals surface area contributed by atoms with E-state index in [-0.39, 0.29) is 20.3 Å². The van der Waals surface area contributed by atoms with Crippen LogP contribution in [-0.4, -0.2) is 43.2 Å². The molecule has 17 heavy (non-hydrogen) atoms. The summed E-state index contributed by atoms with van der Waals surface area (Å²) in [5.74, 6) is -5.62. The van der Waals surface area contributed by atoms with Crippen molar-refractivity contribution in [1.29, 1.82) is 0 Å². The van der Waals surface area contributed by atoms with Crippen LogP contribution in [0.5, 0.6) is 0 Å². The third kappa shape index (κ3) is 4.65. The van der Waals surface area contributed by atoms with E-state index in [0.29, 0.717) is 0 Å². The second kappa shape index (κ2) is 6.26. The molecular formula is C5H6F7LiO3S. The van der Waals surface area contributed by atoms with Crippen molar-refractivity contribution in [2.75, 3.05) is 0 Å². The van der Waals surface area contributed by atoms with Crippen molar-refractivity contribution in [2.24, 2.45) is 0 Å². The van der Waals surface area contributed by atoms with Crippen molar-refractivity contribution >= 4 is 10.1 Å². The van der Waals surface area contributed by atoms with E-state index in [2.05, 4.69) is 0 Å². The van der Waals surface area contributed by atoms with Crippen LogP contribution in [0.3, 0.4) is 0 Å². The zero-order chi connectivity index (χ0) is 13.3. The second-order valence-corrected chi connectivity index (χ2v) is 4.13. The van der Waals surface area contributed by atoms with Gasteiger partial charge in [0.25, 0.3) is 11.9 Å². The van der Waals surface area contributed by atoms with Gasteiger partial charge in [-0.1, -0.05) is 0 Å². The minimum Gasteiger partial charge on any atom is -1.00 e. The van der Waals surface area contributed by atoms with Gasteiger partial charge in [0.2, 0.25) is 6.17 Å². The van der Waals surface area contributed by atoms with Gasteiger partial charge in [0.1, 0.15) is 0 Å². The quantitative estimate of drug-likeness (QED) is 0.395. The molecule has 0 aliphatic carbocycles. The monoisotopic (exact) mass is 286 g/mol. The average Bonchev–Trinajstić information content (AvgIpc) is 2.12. The number of alkyl halides is 7. The topological polar surface area (TPSA) is 54.4 Å². The molecule has 0 radical (unpaired) electrons. The van der Waals surface area contributed by atoms with Crippen molar-refractivity contribution in [3.63, 3.8) is 0 Å². The number of rotatable bonds is 5. The first-order valence-electron chi connectivity index (χ1n) is 3.46. The molecule has 0 aromatic carbocycles. The summed E-state index contributed by atoms with van der Waals surface area (Å²) in [6.45, 7) is 0. The summed E-state index contributed by atoms with van der Waals surface area (Å²) in [5, 5.41) is 0. The molecule has 0 aromatic heterocycles. The first kappa shape index (κ1) is 19.4. The minimum atomic E-state index is -6.03. The molecule has 0 aliphatic heterocycles. The summed E-state index contributed by atoms with van der Waals surface area (Å²) in [6, 6.07) is 0. The summed E-state index contributed by atoms with van der Waals surface area (Å²) in [7, 11) is -6.03. The molecule has 0 saturated heterocycles. The molecule has 0 spiro atoms. The van der Waals surface area contributed by atoms with Gasteiger partial charge in [-0.25, -0.2) is 22.0 Å². The van der Waals surface area contributed by atoms with E-state index in [9.17, 15) is 39.2 Å². The largest absolute Gasteiger partial charge is 1.00 e. The molecule has 0 aliphatic rings. The molecule has 0 bridgehead atoms. The minimum absolute atomic E-state index is 0. The fourth-order valence-corrected chi connectivity index (χ4v) is 1.19. The molecule has 100 valence electrons. The molecule has 0 amide bonds. The van der Waals surface area contributed by atoms with E-state index in [1.165, 1.54) is 0 Å². The smallest absolute Gasteiger partial charge is 1.00 e. The van der Waals surface area contributed by atoms with Crippen LogP contribution in [0.4, 0.5) is 30.7 Å². The Balaban J connectivity index is -0.00000112. The van der Waals surface area contributed by atoms with Crippen LogP contribution in [0.2, 0.25) is 0 Å². The van der Waals surface area contributed by atoms with Crippen LogP contribution in [-0.2, 0) is 10.1 Å². The molecule has 3 nitrogen and oxygen atoms in total. The SMILES string of the molecule is O=S(=O)(O)C(F)C(F)(F)C(F)C(F)C(F)F.[H-].[Li+]. The number of hydrogen-bond acceptors (Lipinski definition) is 2. The molecule has 0 saturated carbocycles. The van der Waals surface area contributed by atoms with E-state index in [1.807, 2.05) is 0 Å². The fourth-order valence-electron chi connectivity index (χ4n) is 0.664. The number of halogens is 7. The predicted octanol–water partition coefficient (Wildman–Crippen LogP) is -1.14. The van der Waals surface area contributed by atoms with Crippen LogP contribution in [0.25, 0.3) is 0 Å². The van der Waals surface area contributed by atoms with Crippen molar-refractivity contribution in [3.8, 4) is 0 Å². The fraction of sp³-hybridized carbons (Fsp3) is 1.00. The van der Waals surface area contributed by atoms with Gasteiger partial charge < -0.3 is 1.43 Å². The third-order valence-corrected chi connectivity index (χ3v) is 2.29. The zero-order valence-electron chi connectivity index (χ0n) is 9.13. The van der Waals surface area contributed by atoms with Crippen LogP contribution >= 0.6 is 0 Å². The normalized spacial score (nSPS) is 18.4. The van der Waals surface area contributed by atoms with Gasteiger partial charge in [0, 0.05) is 0 Å². The Morgan fingerprint density at radius 1 is 1.06 bits per heavy atom. The van der Waals surface area contributed by atoms with Gasteiger partial charge in [-0.05, 0) is 0 Å². The Hall–Kier alpha value is 0.0174. The Labute approximate surface area is 105 Å². The van der Waals surface area contributed by atoms with Gasteiger partial charge in [0.05, 0.1) is 0 Å². The van der Waals surface area contributed by atoms with Gasteiger partial charge in [-0.2, -0.15) is 17.2 Å². The van der Waals surface area contributed by atoms with Crippen LogP contribution in [0.15, 0.2) is 0 Å². The Morgan fingerprint density at radius 2 is 1.41 bits per heavy atom. The average molecular weight is 286 g/mol. The van der Waals surface area contributed by atoms with E-state index in [0.717, 1.165) is 0 Å². The van der Waals surface area contributed by atoms with Crippen LogP contribution < -0.4 is 18.9 Å². The summed E-state index contributed by atoms with van der Waals surface area (Å²) in [5.41, 5.74) is -4.52. The van der Waals surface area contributed by atoms with E-state index in [4.69, 9.17) is 4.55 Å². The molecule has 12 heteroatoms. The van der Waals surface area contributed by atoms with Crippen molar-refractivity contribution in [3.05, 3.63) is 0 Å². The van der Waals surface area contributed by atoms with Crippen molar-refractivity contribution in [2.45, 2.75) is 30.2 Å².